The Balaban J connectivity index is 2.77. The molecule has 0 aromatic rings. The van der Waals surface area contributed by atoms with Gasteiger partial charge in [-0.2, -0.15) is 10.5 Å². The fourth-order valence-corrected chi connectivity index (χ4v) is 2.29. The molecule has 0 spiro atoms. The first-order chi connectivity index (χ1) is 9.20. The Bertz CT molecular complexity index is 359. The molecule has 1 fully saturated rings. The Morgan fingerprint density at radius 3 is 2.16 bits per heavy atom. The molecule has 104 valence electrons. The number of carbonyl (C=O) groups is 1. The SMILES string of the molecule is N#CCCN(CCC#N)C(=O)C1(CN)CCOCC1. The third-order valence-electron chi connectivity index (χ3n) is 3.57. The zero-order chi connectivity index (χ0) is 14.1. The van der Waals surface area contributed by atoms with Crippen LogP contribution in [0.1, 0.15) is 25.7 Å². The van der Waals surface area contributed by atoms with Gasteiger partial charge in [-0.15, -0.1) is 0 Å². The standard InChI is InChI=1S/C13H20N4O2/c14-5-1-7-17(8-2-6-15)12(18)13(11-16)3-9-19-10-4-13/h1-4,7-11,16H2. The lowest BCUT2D eigenvalue weighted by Crippen LogP contribution is -2.51. The van der Waals surface area contributed by atoms with Crippen LogP contribution >= 0.6 is 0 Å². The smallest absolute Gasteiger partial charge is 0.230 e. The summed E-state index contributed by atoms with van der Waals surface area (Å²) in [6.45, 7) is 2.07. The van der Waals surface area contributed by atoms with Gasteiger partial charge < -0.3 is 15.4 Å². The van der Waals surface area contributed by atoms with Gasteiger partial charge in [0.2, 0.25) is 5.91 Å². The minimum absolute atomic E-state index is 0.0381. The summed E-state index contributed by atoms with van der Waals surface area (Å²) in [5.74, 6) is -0.0381. The highest BCUT2D eigenvalue weighted by atomic mass is 16.5. The second-order valence-corrected chi connectivity index (χ2v) is 4.71. The summed E-state index contributed by atoms with van der Waals surface area (Å²) in [6, 6.07) is 4.06. The molecule has 0 aromatic carbocycles. The van der Waals surface area contributed by atoms with Gasteiger partial charge in [-0.1, -0.05) is 0 Å². The molecule has 6 nitrogen and oxygen atoms in total. The van der Waals surface area contributed by atoms with E-state index in [4.69, 9.17) is 21.0 Å². The maximum absolute atomic E-state index is 12.6. The normalized spacial score (nSPS) is 17.2. The van der Waals surface area contributed by atoms with E-state index >= 15 is 0 Å². The van der Waals surface area contributed by atoms with Gasteiger partial charge in [-0.05, 0) is 12.8 Å². The van der Waals surface area contributed by atoms with Crippen LogP contribution in [-0.2, 0) is 9.53 Å². The number of ether oxygens (including phenoxy) is 1. The summed E-state index contributed by atoms with van der Waals surface area (Å²) in [5, 5.41) is 17.3. The summed E-state index contributed by atoms with van der Waals surface area (Å²) < 4.78 is 5.29. The average molecular weight is 264 g/mol. The molecule has 0 bridgehead atoms. The minimum atomic E-state index is -0.580. The summed E-state index contributed by atoms with van der Waals surface area (Å²) in [4.78, 5) is 14.2. The van der Waals surface area contributed by atoms with Crippen LogP contribution in [0.2, 0.25) is 0 Å². The number of carbonyl (C=O) groups excluding carboxylic acids is 1. The molecule has 19 heavy (non-hydrogen) atoms. The zero-order valence-corrected chi connectivity index (χ0v) is 11.1. The molecule has 0 saturated carbocycles. The maximum Gasteiger partial charge on any atom is 0.230 e. The van der Waals surface area contributed by atoms with Crippen molar-refractivity contribution >= 4 is 5.91 Å². The summed E-state index contributed by atoms with van der Waals surface area (Å²) in [7, 11) is 0. The van der Waals surface area contributed by atoms with E-state index in [1.165, 1.54) is 0 Å². The van der Waals surface area contributed by atoms with E-state index < -0.39 is 5.41 Å². The predicted molar refractivity (Wildman–Crippen MR) is 68.6 cm³/mol. The van der Waals surface area contributed by atoms with Crippen LogP contribution in [0.3, 0.4) is 0 Å². The highest BCUT2D eigenvalue weighted by molar-refractivity contribution is 5.83. The van der Waals surface area contributed by atoms with Crippen molar-refractivity contribution in [2.24, 2.45) is 11.1 Å². The van der Waals surface area contributed by atoms with Crippen molar-refractivity contribution in [2.75, 3.05) is 32.8 Å². The van der Waals surface area contributed by atoms with Gasteiger partial charge in [0.1, 0.15) is 0 Å². The molecule has 0 aromatic heterocycles. The highest BCUT2D eigenvalue weighted by Crippen LogP contribution is 2.31. The summed E-state index contributed by atoms with van der Waals surface area (Å²) in [5.41, 5.74) is 5.22. The lowest BCUT2D eigenvalue weighted by molar-refractivity contribution is -0.147. The quantitative estimate of drug-likeness (QED) is 0.747. The Morgan fingerprint density at radius 1 is 1.21 bits per heavy atom. The molecule has 2 N–H and O–H groups in total. The molecule has 0 radical (unpaired) electrons. The topological polar surface area (TPSA) is 103 Å². The third kappa shape index (κ3) is 3.92. The van der Waals surface area contributed by atoms with Gasteiger partial charge >= 0.3 is 0 Å². The number of hydrogen-bond donors (Lipinski definition) is 1. The van der Waals surface area contributed by atoms with Crippen LogP contribution in [0.4, 0.5) is 0 Å². The van der Waals surface area contributed by atoms with Crippen molar-refractivity contribution in [3.05, 3.63) is 0 Å². The highest BCUT2D eigenvalue weighted by Gasteiger charge is 2.41. The lowest BCUT2D eigenvalue weighted by atomic mass is 9.78. The fourth-order valence-electron chi connectivity index (χ4n) is 2.29. The molecule has 0 unspecified atom stereocenters. The van der Waals surface area contributed by atoms with E-state index in [2.05, 4.69) is 0 Å². The fraction of sp³-hybridized carbons (Fsp3) is 0.769. The molecule has 6 heteroatoms. The van der Waals surface area contributed by atoms with E-state index in [1.54, 1.807) is 4.90 Å². The summed E-state index contributed by atoms with van der Waals surface area (Å²) in [6.07, 6.45) is 1.76. The second-order valence-electron chi connectivity index (χ2n) is 4.71. The molecule has 0 atom stereocenters. The summed E-state index contributed by atoms with van der Waals surface area (Å²) >= 11 is 0. The number of nitrogens with two attached hydrogens (primary N) is 1. The van der Waals surface area contributed by atoms with E-state index in [0.29, 0.717) is 39.1 Å². The molecular weight excluding hydrogens is 244 g/mol. The van der Waals surface area contributed by atoms with E-state index in [0.717, 1.165) is 0 Å². The van der Waals surface area contributed by atoms with Gasteiger partial charge in [-0.3, -0.25) is 4.79 Å². The van der Waals surface area contributed by atoms with Crippen LogP contribution < -0.4 is 5.73 Å². The Labute approximate surface area is 113 Å². The lowest BCUT2D eigenvalue weighted by Gasteiger charge is -2.38. The van der Waals surface area contributed by atoms with Gasteiger partial charge in [0.25, 0.3) is 0 Å². The van der Waals surface area contributed by atoms with Crippen LogP contribution in [0.25, 0.3) is 0 Å². The number of amides is 1. The predicted octanol–water partition coefficient (Wildman–Crippen LogP) is 0.398. The van der Waals surface area contributed by atoms with Gasteiger partial charge in [0.15, 0.2) is 0 Å². The first-order valence-corrected chi connectivity index (χ1v) is 6.51. The van der Waals surface area contributed by atoms with Gasteiger partial charge in [0.05, 0.1) is 30.4 Å². The molecule has 1 aliphatic rings. The molecule has 1 rings (SSSR count). The van der Waals surface area contributed by atoms with Crippen molar-refractivity contribution < 1.29 is 9.53 Å². The average Bonchev–Trinajstić information content (AvgIpc) is 2.47. The van der Waals surface area contributed by atoms with E-state index in [1.807, 2.05) is 12.1 Å². The maximum atomic E-state index is 12.6. The Kier molecular flexibility index (Phi) is 6.27. The van der Waals surface area contributed by atoms with Crippen molar-refractivity contribution in [1.29, 1.82) is 10.5 Å². The molecule has 1 aliphatic heterocycles. The zero-order valence-electron chi connectivity index (χ0n) is 11.1. The van der Waals surface area contributed by atoms with Crippen molar-refractivity contribution in [2.45, 2.75) is 25.7 Å². The molecule has 1 saturated heterocycles. The largest absolute Gasteiger partial charge is 0.381 e. The van der Waals surface area contributed by atoms with E-state index in [9.17, 15) is 4.79 Å². The first-order valence-electron chi connectivity index (χ1n) is 6.51. The minimum Gasteiger partial charge on any atom is -0.381 e. The Morgan fingerprint density at radius 2 is 1.74 bits per heavy atom. The number of hydrogen-bond acceptors (Lipinski definition) is 5. The second kappa shape index (κ2) is 7.73. The monoisotopic (exact) mass is 264 g/mol. The number of nitriles is 2. The van der Waals surface area contributed by atoms with Crippen molar-refractivity contribution in [3.8, 4) is 12.1 Å². The van der Waals surface area contributed by atoms with Gasteiger partial charge in [-0.25, -0.2) is 0 Å². The molecule has 1 heterocycles. The molecule has 1 amide bonds. The molecule has 0 aliphatic carbocycles. The first kappa shape index (κ1) is 15.4. The Hall–Kier alpha value is -1.63. The van der Waals surface area contributed by atoms with Crippen molar-refractivity contribution in [3.63, 3.8) is 0 Å². The van der Waals surface area contributed by atoms with Crippen LogP contribution in [0.5, 0.6) is 0 Å². The van der Waals surface area contributed by atoms with Crippen LogP contribution in [0, 0.1) is 28.1 Å². The third-order valence-corrected chi connectivity index (χ3v) is 3.57. The van der Waals surface area contributed by atoms with Gasteiger partial charge in [0, 0.05) is 32.8 Å². The van der Waals surface area contributed by atoms with Crippen molar-refractivity contribution in [1.82, 2.24) is 4.90 Å². The van der Waals surface area contributed by atoms with Crippen LogP contribution in [-0.4, -0.2) is 43.7 Å². The molecular formula is C13H20N4O2. The number of nitrogens with zero attached hydrogens (tertiary/aromatic N) is 3. The van der Waals surface area contributed by atoms with Crippen LogP contribution in [0.15, 0.2) is 0 Å². The number of rotatable bonds is 6. The van der Waals surface area contributed by atoms with E-state index in [-0.39, 0.29) is 25.3 Å².